The van der Waals surface area contributed by atoms with Gasteiger partial charge in [-0.2, -0.15) is 4.39 Å². The summed E-state index contributed by atoms with van der Waals surface area (Å²) in [6.07, 6.45) is 1.17. The first-order valence-electron chi connectivity index (χ1n) is 2.48. The molecule has 0 aliphatic heterocycles. The van der Waals surface area contributed by atoms with E-state index >= 15 is 0 Å². The Kier molecular flexibility index (Phi) is 1.58. The van der Waals surface area contributed by atoms with Crippen LogP contribution < -0.4 is 5.32 Å². The highest BCUT2D eigenvalue weighted by molar-refractivity contribution is 5.30. The Hall–Kier alpha value is -1.19. The largest absolute Gasteiger partial charge is 0.373 e. The molecule has 0 aliphatic rings. The Balaban J connectivity index is 2.94. The monoisotopic (exact) mass is 127 g/mol. The molecule has 0 aliphatic carbocycles. The van der Waals surface area contributed by atoms with Crippen LogP contribution in [0.3, 0.4) is 0 Å². The molecule has 0 saturated carbocycles. The van der Waals surface area contributed by atoms with E-state index in [0.29, 0.717) is 5.82 Å². The molecule has 1 N–H and O–H groups in total. The Morgan fingerprint density at radius 1 is 1.56 bits per heavy atom. The van der Waals surface area contributed by atoms with Crippen molar-refractivity contribution in [1.29, 1.82) is 0 Å². The van der Waals surface area contributed by atoms with E-state index < -0.39 is 5.95 Å². The first-order valence-corrected chi connectivity index (χ1v) is 2.48. The van der Waals surface area contributed by atoms with E-state index in [4.69, 9.17) is 0 Å². The molecule has 0 fully saturated rings. The molecule has 0 radical (unpaired) electrons. The molecular formula is C5H6FN3. The molecule has 0 bridgehead atoms. The normalized spacial score (nSPS) is 9.11. The number of hydrogen-bond acceptors (Lipinski definition) is 3. The summed E-state index contributed by atoms with van der Waals surface area (Å²) >= 11 is 0. The van der Waals surface area contributed by atoms with Gasteiger partial charge in [0, 0.05) is 13.1 Å². The van der Waals surface area contributed by atoms with Crippen molar-refractivity contribution in [2.45, 2.75) is 0 Å². The number of rotatable bonds is 1. The average molecular weight is 127 g/mol. The smallest absolute Gasteiger partial charge is 0.217 e. The van der Waals surface area contributed by atoms with Gasteiger partial charge in [-0.25, -0.2) is 9.97 Å². The minimum atomic E-state index is -0.519. The van der Waals surface area contributed by atoms with Crippen molar-refractivity contribution in [2.75, 3.05) is 12.4 Å². The molecule has 0 unspecified atom stereocenters. The number of aromatic nitrogens is 2. The second-order valence-corrected chi connectivity index (χ2v) is 1.48. The zero-order valence-electron chi connectivity index (χ0n) is 4.93. The summed E-state index contributed by atoms with van der Waals surface area (Å²) < 4.78 is 12.2. The number of nitrogens with zero attached hydrogens (tertiary/aromatic N) is 2. The van der Waals surface area contributed by atoms with Crippen LogP contribution in [-0.2, 0) is 0 Å². The molecule has 1 rings (SSSR count). The lowest BCUT2D eigenvalue weighted by Gasteiger charge is -1.94. The van der Waals surface area contributed by atoms with Crippen molar-refractivity contribution in [3.05, 3.63) is 18.3 Å². The van der Waals surface area contributed by atoms with Gasteiger partial charge in [-0.15, -0.1) is 0 Å². The molecule has 0 aromatic carbocycles. The highest BCUT2D eigenvalue weighted by Gasteiger charge is 1.91. The molecule has 1 aromatic heterocycles. The summed E-state index contributed by atoms with van der Waals surface area (Å²) in [6, 6.07) is 1.22. The number of hydrogen-bond donors (Lipinski definition) is 1. The SMILES string of the molecule is CNc1cc(F)ncn1. The van der Waals surface area contributed by atoms with Crippen LogP contribution in [0.2, 0.25) is 0 Å². The fraction of sp³-hybridized carbons (Fsp3) is 0.200. The van der Waals surface area contributed by atoms with E-state index in [1.807, 2.05) is 0 Å². The van der Waals surface area contributed by atoms with Gasteiger partial charge >= 0.3 is 0 Å². The Morgan fingerprint density at radius 2 is 2.33 bits per heavy atom. The van der Waals surface area contributed by atoms with Gasteiger partial charge in [0.15, 0.2) is 0 Å². The first-order chi connectivity index (χ1) is 4.33. The highest BCUT2D eigenvalue weighted by Crippen LogP contribution is 1.98. The number of anilines is 1. The predicted molar refractivity (Wildman–Crippen MR) is 31.5 cm³/mol. The van der Waals surface area contributed by atoms with Gasteiger partial charge in [-0.05, 0) is 0 Å². The van der Waals surface area contributed by atoms with Gasteiger partial charge < -0.3 is 5.32 Å². The summed E-state index contributed by atoms with van der Waals surface area (Å²) in [4.78, 5) is 6.97. The number of nitrogens with one attached hydrogen (secondary N) is 1. The first kappa shape index (κ1) is 5.94. The molecular weight excluding hydrogens is 121 g/mol. The van der Waals surface area contributed by atoms with Gasteiger partial charge in [0.25, 0.3) is 0 Å². The lowest BCUT2D eigenvalue weighted by Crippen LogP contribution is -1.93. The number of halogens is 1. The third kappa shape index (κ3) is 1.35. The van der Waals surface area contributed by atoms with Crippen molar-refractivity contribution in [1.82, 2.24) is 9.97 Å². The van der Waals surface area contributed by atoms with Crippen molar-refractivity contribution >= 4 is 5.82 Å². The van der Waals surface area contributed by atoms with Gasteiger partial charge in [-0.3, -0.25) is 0 Å². The summed E-state index contributed by atoms with van der Waals surface area (Å²) in [5, 5.41) is 2.68. The molecule has 9 heavy (non-hydrogen) atoms. The van der Waals surface area contributed by atoms with E-state index in [2.05, 4.69) is 15.3 Å². The van der Waals surface area contributed by atoms with Crippen LogP contribution in [0.5, 0.6) is 0 Å². The van der Waals surface area contributed by atoms with Crippen LogP contribution in [0, 0.1) is 5.95 Å². The fourth-order valence-corrected chi connectivity index (χ4v) is 0.470. The van der Waals surface area contributed by atoms with E-state index in [1.165, 1.54) is 12.4 Å². The van der Waals surface area contributed by atoms with Crippen molar-refractivity contribution in [2.24, 2.45) is 0 Å². The quantitative estimate of drug-likeness (QED) is 0.563. The fourth-order valence-electron chi connectivity index (χ4n) is 0.470. The summed E-state index contributed by atoms with van der Waals surface area (Å²) in [7, 11) is 1.67. The van der Waals surface area contributed by atoms with E-state index in [1.54, 1.807) is 7.05 Å². The van der Waals surface area contributed by atoms with Crippen molar-refractivity contribution < 1.29 is 4.39 Å². The lowest BCUT2D eigenvalue weighted by molar-refractivity contribution is 0.580. The molecule has 0 atom stereocenters. The molecule has 4 heteroatoms. The molecule has 1 aromatic rings. The van der Waals surface area contributed by atoms with Gasteiger partial charge in [0.1, 0.15) is 12.1 Å². The Labute approximate surface area is 52.0 Å². The summed E-state index contributed by atoms with van der Waals surface area (Å²) in [5.41, 5.74) is 0. The maximum Gasteiger partial charge on any atom is 0.217 e. The minimum Gasteiger partial charge on any atom is -0.373 e. The summed E-state index contributed by atoms with van der Waals surface area (Å²) in [6.45, 7) is 0. The lowest BCUT2D eigenvalue weighted by atomic mass is 10.6. The van der Waals surface area contributed by atoms with Gasteiger partial charge in [-0.1, -0.05) is 0 Å². The maximum atomic E-state index is 12.2. The predicted octanol–water partition coefficient (Wildman–Crippen LogP) is 0.657. The standard InChI is InChI=1S/C5H6FN3/c1-7-5-2-4(6)8-3-9-5/h2-3H,1H3,(H,7,8,9). The zero-order chi connectivity index (χ0) is 6.69. The van der Waals surface area contributed by atoms with Crippen LogP contribution in [0.4, 0.5) is 10.2 Å². The third-order valence-corrected chi connectivity index (χ3v) is 0.890. The van der Waals surface area contributed by atoms with E-state index in [0.717, 1.165) is 0 Å². The Bertz CT molecular complexity index is 201. The Morgan fingerprint density at radius 3 is 2.78 bits per heavy atom. The average Bonchev–Trinajstić information content (AvgIpc) is 1.88. The van der Waals surface area contributed by atoms with Crippen molar-refractivity contribution in [3.63, 3.8) is 0 Å². The van der Waals surface area contributed by atoms with Crippen LogP contribution in [0.15, 0.2) is 12.4 Å². The van der Waals surface area contributed by atoms with Crippen LogP contribution in [0.1, 0.15) is 0 Å². The van der Waals surface area contributed by atoms with Gasteiger partial charge in [0.2, 0.25) is 5.95 Å². The molecule has 0 amide bonds. The second-order valence-electron chi connectivity index (χ2n) is 1.48. The molecule has 0 spiro atoms. The molecule has 0 saturated heterocycles. The summed E-state index contributed by atoms with van der Waals surface area (Å²) in [5.74, 6) is -0.0307. The highest BCUT2D eigenvalue weighted by atomic mass is 19.1. The molecule has 1 heterocycles. The topological polar surface area (TPSA) is 37.8 Å². The zero-order valence-corrected chi connectivity index (χ0v) is 4.93. The second kappa shape index (κ2) is 2.39. The minimum absolute atomic E-state index is 0.488. The molecule has 3 nitrogen and oxygen atoms in total. The van der Waals surface area contributed by atoms with E-state index in [9.17, 15) is 4.39 Å². The van der Waals surface area contributed by atoms with E-state index in [-0.39, 0.29) is 0 Å². The van der Waals surface area contributed by atoms with Gasteiger partial charge in [0.05, 0.1) is 0 Å². The third-order valence-electron chi connectivity index (χ3n) is 0.890. The maximum absolute atomic E-state index is 12.2. The van der Waals surface area contributed by atoms with Crippen LogP contribution >= 0.6 is 0 Å². The van der Waals surface area contributed by atoms with Crippen LogP contribution in [0.25, 0.3) is 0 Å². The molecule has 48 valence electrons. The van der Waals surface area contributed by atoms with Crippen LogP contribution in [-0.4, -0.2) is 17.0 Å². The van der Waals surface area contributed by atoms with Crippen molar-refractivity contribution in [3.8, 4) is 0 Å².